The van der Waals surface area contributed by atoms with Gasteiger partial charge in [0, 0.05) is 4.88 Å². The van der Waals surface area contributed by atoms with E-state index in [-0.39, 0.29) is 5.78 Å². The van der Waals surface area contributed by atoms with Crippen LogP contribution in [-0.4, -0.2) is 21.0 Å². The van der Waals surface area contributed by atoms with E-state index in [1.165, 1.54) is 17.7 Å². The number of rotatable bonds is 2. The lowest BCUT2D eigenvalue weighted by atomic mass is 10.3. The molecule has 0 fully saturated rings. The summed E-state index contributed by atoms with van der Waals surface area (Å²) in [6, 6.07) is 3.71. The fourth-order valence-electron chi connectivity index (χ4n) is 0.988. The molecule has 0 radical (unpaired) electrons. The van der Waals surface area contributed by atoms with Crippen LogP contribution in [0, 0.1) is 6.92 Å². The number of aromatic nitrogens is 3. The third kappa shape index (κ3) is 1.50. The molecule has 4 nitrogen and oxygen atoms in total. The molecule has 0 atom stereocenters. The van der Waals surface area contributed by atoms with Gasteiger partial charge in [-0.05, 0) is 19.1 Å². The number of nitrogens with zero attached hydrogens (tertiary/aromatic N) is 2. The zero-order valence-electron chi connectivity index (χ0n) is 6.94. The molecule has 2 rings (SSSR count). The average molecular weight is 193 g/mol. The molecule has 0 amide bonds. The van der Waals surface area contributed by atoms with E-state index in [4.69, 9.17) is 0 Å². The Morgan fingerprint density at radius 3 is 2.92 bits per heavy atom. The number of nitrogens with one attached hydrogen (secondary N) is 1. The molecule has 0 unspecified atom stereocenters. The van der Waals surface area contributed by atoms with E-state index in [0.29, 0.717) is 10.7 Å². The average Bonchev–Trinajstić information content (AvgIpc) is 2.72. The summed E-state index contributed by atoms with van der Waals surface area (Å²) in [7, 11) is 0. The van der Waals surface area contributed by atoms with E-state index in [1.54, 1.807) is 6.07 Å². The zero-order chi connectivity index (χ0) is 9.26. The van der Waals surface area contributed by atoms with Crippen LogP contribution >= 0.6 is 11.3 Å². The van der Waals surface area contributed by atoms with Crippen molar-refractivity contribution < 1.29 is 4.79 Å². The number of ketones is 1. The number of aryl methyl sites for hydroxylation is 1. The highest BCUT2D eigenvalue weighted by molar-refractivity contribution is 7.14. The van der Waals surface area contributed by atoms with Crippen molar-refractivity contribution in [3.8, 4) is 0 Å². The van der Waals surface area contributed by atoms with Crippen LogP contribution in [0.2, 0.25) is 0 Å². The molecule has 2 aromatic rings. The first-order chi connectivity index (χ1) is 6.27. The minimum Gasteiger partial charge on any atom is -0.284 e. The van der Waals surface area contributed by atoms with Crippen LogP contribution in [0.4, 0.5) is 0 Å². The van der Waals surface area contributed by atoms with Gasteiger partial charge in [0.1, 0.15) is 6.33 Å². The van der Waals surface area contributed by atoms with Gasteiger partial charge in [-0.2, -0.15) is 5.10 Å². The van der Waals surface area contributed by atoms with Crippen molar-refractivity contribution >= 4 is 17.1 Å². The summed E-state index contributed by atoms with van der Waals surface area (Å²) in [5, 5.41) is 6.16. The van der Waals surface area contributed by atoms with Crippen molar-refractivity contribution in [2.45, 2.75) is 6.92 Å². The second-order valence-corrected chi connectivity index (χ2v) is 3.86. The predicted octanol–water partition coefficient (Wildman–Crippen LogP) is 1.41. The van der Waals surface area contributed by atoms with Gasteiger partial charge in [-0.1, -0.05) is 0 Å². The quantitative estimate of drug-likeness (QED) is 0.733. The molecule has 0 saturated carbocycles. The lowest BCUT2D eigenvalue weighted by Gasteiger charge is -1.89. The van der Waals surface area contributed by atoms with Crippen molar-refractivity contribution in [3.05, 3.63) is 34.0 Å². The van der Waals surface area contributed by atoms with Crippen LogP contribution in [0.3, 0.4) is 0 Å². The summed E-state index contributed by atoms with van der Waals surface area (Å²) in [5.74, 6) is 0.192. The monoisotopic (exact) mass is 193 g/mol. The van der Waals surface area contributed by atoms with Crippen LogP contribution in [0.1, 0.15) is 20.4 Å². The van der Waals surface area contributed by atoms with Crippen LogP contribution in [0.25, 0.3) is 0 Å². The molecular formula is C8H7N3OS. The van der Waals surface area contributed by atoms with Gasteiger partial charge in [0.05, 0.1) is 4.88 Å². The Kier molecular flexibility index (Phi) is 1.94. The van der Waals surface area contributed by atoms with Gasteiger partial charge in [0.25, 0.3) is 0 Å². The number of hydrogen-bond donors (Lipinski definition) is 1. The van der Waals surface area contributed by atoms with Crippen molar-refractivity contribution in [3.63, 3.8) is 0 Å². The smallest absolute Gasteiger partial charge is 0.239 e. The summed E-state index contributed by atoms with van der Waals surface area (Å²) < 4.78 is 0. The van der Waals surface area contributed by atoms with Crippen LogP contribution in [0.15, 0.2) is 18.5 Å². The maximum absolute atomic E-state index is 11.6. The molecular weight excluding hydrogens is 186 g/mol. The van der Waals surface area contributed by atoms with Crippen LogP contribution in [-0.2, 0) is 0 Å². The number of H-pyrrole nitrogens is 1. The van der Waals surface area contributed by atoms with E-state index in [0.717, 1.165) is 4.88 Å². The van der Waals surface area contributed by atoms with E-state index in [1.807, 2.05) is 13.0 Å². The number of carbonyl (C=O) groups is 1. The normalized spacial score (nSPS) is 10.2. The van der Waals surface area contributed by atoms with Crippen molar-refractivity contribution in [1.82, 2.24) is 15.2 Å². The summed E-state index contributed by atoms with van der Waals surface area (Å²) in [6.07, 6.45) is 1.33. The Morgan fingerprint density at radius 1 is 1.54 bits per heavy atom. The molecule has 0 bridgehead atoms. The minimum absolute atomic E-state index is 0.101. The van der Waals surface area contributed by atoms with Crippen molar-refractivity contribution in [2.24, 2.45) is 0 Å². The van der Waals surface area contributed by atoms with Crippen molar-refractivity contribution in [2.75, 3.05) is 0 Å². The van der Waals surface area contributed by atoms with Crippen molar-refractivity contribution in [1.29, 1.82) is 0 Å². The highest BCUT2D eigenvalue weighted by atomic mass is 32.1. The van der Waals surface area contributed by atoms with Gasteiger partial charge in [0.15, 0.2) is 5.82 Å². The van der Waals surface area contributed by atoms with Gasteiger partial charge in [-0.25, -0.2) is 4.98 Å². The van der Waals surface area contributed by atoms with Gasteiger partial charge in [-0.15, -0.1) is 11.3 Å². The highest BCUT2D eigenvalue weighted by Gasteiger charge is 2.12. The van der Waals surface area contributed by atoms with E-state index in [9.17, 15) is 4.79 Å². The Bertz CT molecular complexity index is 418. The SMILES string of the molecule is Cc1ccc(C(=O)c2ncn[nH]2)s1. The number of carbonyl (C=O) groups excluding carboxylic acids is 1. The first kappa shape index (κ1) is 8.12. The molecule has 0 saturated heterocycles. The lowest BCUT2D eigenvalue weighted by molar-refractivity contribution is 0.103. The molecule has 13 heavy (non-hydrogen) atoms. The van der Waals surface area contributed by atoms with Gasteiger partial charge in [0.2, 0.25) is 5.78 Å². The first-order valence-electron chi connectivity index (χ1n) is 3.74. The van der Waals surface area contributed by atoms with Gasteiger partial charge in [-0.3, -0.25) is 9.89 Å². The van der Waals surface area contributed by atoms with E-state index in [2.05, 4.69) is 15.2 Å². The molecule has 1 N–H and O–H groups in total. The summed E-state index contributed by atoms with van der Waals surface area (Å²) in [6.45, 7) is 1.96. The third-order valence-corrected chi connectivity index (χ3v) is 2.59. The summed E-state index contributed by atoms with van der Waals surface area (Å²) >= 11 is 1.46. The number of hydrogen-bond acceptors (Lipinski definition) is 4. The fourth-order valence-corrected chi connectivity index (χ4v) is 1.80. The topological polar surface area (TPSA) is 58.6 Å². The second-order valence-electron chi connectivity index (χ2n) is 2.57. The standard InChI is InChI=1S/C8H7N3OS/c1-5-2-3-6(13-5)7(12)8-9-4-10-11-8/h2-4H,1H3,(H,9,10,11). The Hall–Kier alpha value is -1.49. The largest absolute Gasteiger partial charge is 0.284 e. The maximum Gasteiger partial charge on any atom is 0.239 e. The maximum atomic E-state index is 11.6. The Labute approximate surface area is 78.6 Å². The van der Waals surface area contributed by atoms with Crippen LogP contribution < -0.4 is 0 Å². The molecule has 0 aliphatic rings. The number of thiophene rings is 1. The Balaban J connectivity index is 2.33. The molecule has 0 aliphatic heterocycles. The predicted molar refractivity (Wildman–Crippen MR) is 48.9 cm³/mol. The van der Waals surface area contributed by atoms with E-state index < -0.39 is 0 Å². The zero-order valence-corrected chi connectivity index (χ0v) is 7.76. The van der Waals surface area contributed by atoms with E-state index >= 15 is 0 Å². The molecule has 0 spiro atoms. The summed E-state index contributed by atoms with van der Waals surface area (Å²) in [4.78, 5) is 17.2. The van der Waals surface area contributed by atoms with Gasteiger partial charge < -0.3 is 0 Å². The molecule has 2 heterocycles. The van der Waals surface area contributed by atoms with Crippen LogP contribution in [0.5, 0.6) is 0 Å². The lowest BCUT2D eigenvalue weighted by Crippen LogP contribution is -2.00. The molecule has 5 heteroatoms. The second kappa shape index (κ2) is 3.10. The summed E-state index contributed by atoms with van der Waals surface area (Å²) in [5.41, 5.74) is 0. The molecule has 0 aliphatic carbocycles. The number of aromatic amines is 1. The Morgan fingerprint density at radius 2 is 2.38 bits per heavy atom. The molecule has 0 aromatic carbocycles. The molecule has 2 aromatic heterocycles. The third-order valence-electron chi connectivity index (χ3n) is 1.59. The minimum atomic E-state index is -0.101. The highest BCUT2D eigenvalue weighted by Crippen LogP contribution is 2.17. The van der Waals surface area contributed by atoms with Gasteiger partial charge >= 0.3 is 0 Å². The molecule has 66 valence electrons. The first-order valence-corrected chi connectivity index (χ1v) is 4.55. The fraction of sp³-hybridized carbons (Fsp3) is 0.125.